The van der Waals surface area contributed by atoms with Crippen molar-refractivity contribution in [2.45, 2.75) is 6.18 Å². The lowest BCUT2D eigenvalue weighted by Gasteiger charge is -2.14. The van der Waals surface area contributed by atoms with Gasteiger partial charge in [-0.15, -0.1) is 0 Å². The molecule has 0 aliphatic rings. The van der Waals surface area contributed by atoms with E-state index in [1.54, 1.807) is 24.3 Å². The molecule has 0 fully saturated rings. The summed E-state index contributed by atoms with van der Waals surface area (Å²) >= 11 is 6.12. The first-order chi connectivity index (χ1) is 11.3. The Hall–Kier alpha value is -2.54. The van der Waals surface area contributed by atoms with E-state index in [-0.39, 0.29) is 22.1 Å². The van der Waals surface area contributed by atoms with E-state index in [2.05, 4.69) is 10.3 Å². The standard InChI is InChI=1S/C16H11ClF3N3O/c1-21-15-22-14(24)13(10-4-2-3-5-11(10)17)12-8-9(16(18,19)20)6-7-23(12)15/h2-8H,1H3,(H,21,22,24). The van der Waals surface area contributed by atoms with Gasteiger partial charge in [-0.1, -0.05) is 29.8 Å². The lowest BCUT2D eigenvalue weighted by molar-refractivity contribution is -0.137. The summed E-state index contributed by atoms with van der Waals surface area (Å²) in [5, 5.41) is 2.96. The van der Waals surface area contributed by atoms with Gasteiger partial charge in [-0.2, -0.15) is 18.2 Å². The number of rotatable bonds is 2. The van der Waals surface area contributed by atoms with Crippen LogP contribution in [0.1, 0.15) is 5.56 Å². The van der Waals surface area contributed by atoms with E-state index in [9.17, 15) is 18.0 Å². The molecule has 124 valence electrons. The number of benzene rings is 1. The molecule has 0 atom stereocenters. The van der Waals surface area contributed by atoms with E-state index in [0.29, 0.717) is 5.56 Å². The highest BCUT2D eigenvalue weighted by Crippen LogP contribution is 2.34. The van der Waals surface area contributed by atoms with Gasteiger partial charge in [-0.3, -0.25) is 9.20 Å². The summed E-state index contributed by atoms with van der Waals surface area (Å²) in [6.45, 7) is 0. The van der Waals surface area contributed by atoms with Crippen LogP contribution in [0.2, 0.25) is 5.02 Å². The number of nitrogens with zero attached hydrogens (tertiary/aromatic N) is 2. The molecule has 0 aliphatic carbocycles. The zero-order chi connectivity index (χ0) is 17.5. The molecule has 0 amide bonds. The molecule has 1 aromatic carbocycles. The zero-order valence-corrected chi connectivity index (χ0v) is 13.1. The van der Waals surface area contributed by atoms with Gasteiger partial charge in [0.1, 0.15) is 0 Å². The van der Waals surface area contributed by atoms with Crippen LogP contribution in [0.25, 0.3) is 16.6 Å². The average molecular weight is 354 g/mol. The van der Waals surface area contributed by atoms with Gasteiger partial charge in [0, 0.05) is 23.8 Å². The Morgan fingerprint density at radius 1 is 1.21 bits per heavy atom. The Morgan fingerprint density at radius 2 is 1.92 bits per heavy atom. The first-order valence-electron chi connectivity index (χ1n) is 6.89. The SMILES string of the molecule is CNc1nc(=O)c(-c2ccccc2Cl)c2cc(C(F)(F)F)ccn12. The third kappa shape index (κ3) is 2.71. The van der Waals surface area contributed by atoms with Crippen molar-refractivity contribution >= 4 is 23.1 Å². The molecule has 0 unspecified atom stereocenters. The molecule has 1 N–H and O–H groups in total. The second kappa shape index (κ2) is 5.83. The molecular formula is C16H11ClF3N3O. The molecular weight excluding hydrogens is 343 g/mol. The summed E-state index contributed by atoms with van der Waals surface area (Å²) in [4.78, 5) is 16.3. The molecule has 0 radical (unpaired) electrons. The molecule has 0 spiro atoms. The van der Waals surface area contributed by atoms with Crippen LogP contribution in [-0.4, -0.2) is 16.4 Å². The highest BCUT2D eigenvalue weighted by atomic mass is 35.5. The third-order valence-corrected chi connectivity index (χ3v) is 3.88. The van der Waals surface area contributed by atoms with E-state index in [0.717, 1.165) is 12.1 Å². The smallest absolute Gasteiger partial charge is 0.358 e. The quantitative estimate of drug-likeness (QED) is 0.755. The van der Waals surface area contributed by atoms with Gasteiger partial charge < -0.3 is 5.32 Å². The highest BCUT2D eigenvalue weighted by molar-refractivity contribution is 6.33. The van der Waals surface area contributed by atoms with Crippen molar-refractivity contribution in [2.75, 3.05) is 12.4 Å². The number of nitrogens with one attached hydrogen (secondary N) is 1. The Balaban J connectivity index is 2.46. The van der Waals surface area contributed by atoms with Gasteiger partial charge in [-0.05, 0) is 18.2 Å². The second-order valence-corrected chi connectivity index (χ2v) is 5.42. The lowest BCUT2D eigenvalue weighted by atomic mass is 10.0. The number of alkyl halides is 3. The maximum atomic E-state index is 13.1. The number of hydrogen-bond acceptors (Lipinski definition) is 3. The van der Waals surface area contributed by atoms with E-state index >= 15 is 0 Å². The van der Waals surface area contributed by atoms with Crippen LogP contribution < -0.4 is 10.9 Å². The van der Waals surface area contributed by atoms with Crippen LogP contribution in [0, 0.1) is 0 Å². The molecule has 3 aromatic rings. The molecule has 0 aliphatic heterocycles. The van der Waals surface area contributed by atoms with Gasteiger partial charge in [0.25, 0.3) is 5.56 Å². The Morgan fingerprint density at radius 3 is 2.54 bits per heavy atom. The Labute approximate surface area is 139 Å². The minimum atomic E-state index is -4.53. The number of hydrogen-bond donors (Lipinski definition) is 1. The summed E-state index contributed by atoms with van der Waals surface area (Å²) in [7, 11) is 1.53. The Bertz CT molecular complexity index is 982. The van der Waals surface area contributed by atoms with Crippen LogP contribution >= 0.6 is 11.6 Å². The summed E-state index contributed by atoms with van der Waals surface area (Å²) in [6, 6.07) is 8.30. The maximum Gasteiger partial charge on any atom is 0.416 e. The predicted octanol–water partition coefficient (Wildman–Crippen LogP) is 4.08. The summed E-state index contributed by atoms with van der Waals surface area (Å²) < 4.78 is 40.6. The molecule has 2 heterocycles. The fourth-order valence-corrected chi connectivity index (χ4v) is 2.69. The van der Waals surface area contributed by atoms with E-state index < -0.39 is 17.3 Å². The average Bonchev–Trinajstić information content (AvgIpc) is 2.54. The van der Waals surface area contributed by atoms with Crippen LogP contribution in [0.3, 0.4) is 0 Å². The topological polar surface area (TPSA) is 46.4 Å². The van der Waals surface area contributed by atoms with Crippen molar-refractivity contribution in [1.82, 2.24) is 9.38 Å². The fraction of sp³-hybridized carbons (Fsp3) is 0.125. The minimum Gasteiger partial charge on any atom is -0.358 e. The predicted molar refractivity (Wildman–Crippen MR) is 86.5 cm³/mol. The molecule has 24 heavy (non-hydrogen) atoms. The van der Waals surface area contributed by atoms with Crippen molar-refractivity contribution in [3.63, 3.8) is 0 Å². The molecule has 2 aromatic heterocycles. The first kappa shape index (κ1) is 16.3. The molecule has 0 saturated heterocycles. The van der Waals surface area contributed by atoms with Crippen LogP contribution in [0.4, 0.5) is 19.1 Å². The molecule has 4 nitrogen and oxygen atoms in total. The molecule has 0 bridgehead atoms. The van der Waals surface area contributed by atoms with E-state index in [1.807, 2.05) is 0 Å². The molecule has 8 heteroatoms. The van der Waals surface area contributed by atoms with Gasteiger partial charge in [-0.25, -0.2) is 0 Å². The molecule has 0 saturated carbocycles. The number of pyridine rings is 1. The zero-order valence-electron chi connectivity index (χ0n) is 12.4. The van der Waals surface area contributed by atoms with Crippen molar-refractivity contribution in [1.29, 1.82) is 0 Å². The monoisotopic (exact) mass is 353 g/mol. The minimum absolute atomic E-state index is 0.0192. The largest absolute Gasteiger partial charge is 0.416 e. The first-order valence-corrected chi connectivity index (χ1v) is 7.27. The van der Waals surface area contributed by atoms with Gasteiger partial charge in [0.15, 0.2) is 0 Å². The maximum absolute atomic E-state index is 13.1. The second-order valence-electron chi connectivity index (χ2n) is 5.01. The summed E-state index contributed by atoms with van der Waals surface area (Å²) in [5.41, 5.74) is -1.10. The van der Waals surface area contributed by atoms with Gasteiger partial charge in [0.2, 0.25) is 5.95 Å². The number of anilines is 1. The normalized spacial score (nSPS) is 11.7. The summed E-state index contributed by atoms with van der Waals surface area (Å²) in [5.74, 6) is 0.138. The van der Waals surface area contributed by atoms with Crippen LogP contribution in [0.5, 0.6) is 0 Å². The Kier molecular flexibility index (Phi) is 3.96. The van der Waals surface area contributed by atoms with E-state index in [4.69, 9.17) is 11.6 Å². The van der Waals surface area contributed by atoms with Crippen molar-refractivity contribution < 1.29 is 13.2 Å². The van der Waals surface area contributed by atoms with Gasteiger partial charge >= 0.3 is 6.18 Å². The van der Waals surface area contributed by atoms with Crippen molar-refractivity contribution in [3.05, 3.63) is 63.5 Å². The third-order valence-electron chi connectivity index (χ3n) is 3.55. The van der Waals surface area contributed by atoms with Gasteiger partial charge in [0.05, 0.1) is 16.6 Å². The van der Waals surface area contributed by atoms with Crippen molar-refractivity contribution in [3.8, 4) is 11.1 Å². The fourth-order valence-electron chi connectivity index (χ4n) is 2.46. The van der Waals surface area contributed by atoms with Crippen molar-refractivity contribution in [2.24, 2.45) is 0 Å². The van der Waals surface area contributed by atoms with Crippen LogP contribution in [0.15, 0.2) is 47.4 Å². The van der Waals surface area contributed by atoms with E-state index in [1.165, 1.54) is 17.6 Å². The number of aromatic nitrogens is 2. The summed E-state index contributed by atoms with van der Waals surface area (Å²) in [6.07, 6.45) is -3.31. The number of fused-ring (bicyclic) bond motifs is 1. The van der Waals surface area contributed by atoms with Crippen LogP contribution in [-0.2, 0) is 6.18 Å². The highest BCUT2D eigenvalue weighted by Gasteiger charge is 2.31. The lowest BCUT2D eigenvalue weighted by Crippen LogP contribution is -2.18. The number of halogens is 4. The molecule has 3 rings (SSSR count).